The van der Waals surface area contributed by atoms with E-state index in [0.29, 0.717) is 26.1 Å². The van der Waals surface area contributed by atoms with Crippen LogP contribution in [0.5, 0.6) is 0 Å². The van der Waals surface area contributed by atoms with Crippen molar-refractivity contribution >= 4 is 5.97 Å². The van der Waals surface area contributed by atoms with Gasteiger partial charge in [0.25, 0.3) is 0 Å². The predicted molar refractivity (Wildman–Crippen MR) is 90.5 cm³/mol. The number of hydrogen-bond donors (Lipinski definition) is 2. The maximum atomic E-state index is 11.6. The third-order valence-electron chi connectivity index (χ3n) is 3.59. The number of carbonyl (C=O) groups excluding carboxylic acids is 1. The molecule has 0 saturated heterocycles. The molecule has 25 heavy (non-hydrogen) atoms. The maximum Gasteiger partial charge on any atom is 0.333 e. The van der Waals surface area contributed by atoms with E-state index in [4.69, 9.17) is 20.0 Å². The highest BCUT2D eigenvalue weighted by molar-refractivity contribution is 5.87. The van der Waals surface area contributed by atoms with Gasteiger partial charge in [0.05, 0.1) is 13.2 Å². The molecule has 0 heterocycles. The topological polar surface area (TPSA) is 94.5 Å². The second-order valence-corrected chi connectivity index (χ2v) is 5.59. The Labute approximate surface area is 147 Å². The Balaban J connectivity index is 2.34. The van der Waals surface area contributed by atoms with Crippen molar-refractivity contribution in [2.24, 2.45) is 0 Å². The first-order chi connectivity index (χ1) is 12.1. The van der Waals surface area contributed by atoms with Gasteiger partial charge in [-0.3, -0.25) is 0 Å². The Morgan fingerprint density at radius 3 is 2.44 bits per heavy atom. The summed E-state index contributed by atoms with van der Waals surface area (Å²) in [5, 5.41) is 18.2. The molecule has 0 amide bonds. The van der Waals surface area contributed by atoms with Crippen molar-refractivity contribution < 1.29 is 34.6 Å². The minimum Gasteiger partial charge on any atom is -0.463 e. The summed E-state index contributed by atoms with van der Waals surface area (Å²) in [6.07, 6.45) is 1.12. The number of rotatable bonds is 13. The Hall–Kier alpha value is -1.77. The summed E-state index contributed by atoms with van der Waals surface area (Å²) in [7, 11) is 0. The molecule has 1 aromatic carbocycles. The van der Waals surface area contributed by atoms with E-state index in [2.05, 4.69) is 16.4 Å². The fraction of sp³-hybridized carbons (Fsp3) is 0.500. The van der Waals surface area contributed by atoms with Gasteiger partial charge in [-0.25, -0.2) is 25.1 Å². The molecule has 7 heteroatoms. The highest BCUT2D eigenvalue weighted by Crippen LogP contribution is 2.27. The van der Waals surface area contributed by atoms with Gasteiger partial charge in [0.15, 0.2) is 0 Å². The quantitative estimate of drug-likeness (QED) is 0.140. The fourth-order valence-corrected chi connectivity index (χ4v) is 2.25. The summed E-state index contributed by atoms with van der Waals surface area (Å²) in [6.45, 7) is 6.44. The van der Waals surface area contributed by atoms with Crippen molar-refractivity contribution in [3.05, 3.63) is 48.0 Å². The van der Waals surface area contributed by atoms with Crippen molar-refractivity contribution in [1.82, 2.24) is 0 Å². The molecule has 0 atom stereocenters. The molecular weight excluding hydrogens is 328 g/mol. The van der Waals surface area contributed by atoms with Crippen LogP contribution >= 0.6 is 0 Å². The molecule has 0 aromatic heterocycles. The lowest BCUT2D eigenvalue weighted by Crippen LogP contribution is -2.36. The van der Waals surface area contributed by atoms with E-state index in [1.165, 1.54) is 0 Å². The zero-order chi connectivity index (χ0) is 18.5. The van der Waals surface area contributed by atoms with Gasteiger partial charge in [-0.2, -0.15) is 0 Å². The molecule has 0 aliphatic carbocycles. The van der Waals surface area contributed by atoms with Gasteiger partial charge >= 0.3 is 5.97 Å². The molecule has 2 N–H and O–H groups in total. The molecule has 0 bridgehead atoms. The Kier molecular flexibility index (Phi) is 9.98. The van der Waals surface area contributed by atoms with Gasteiger partial charge < -0.3 is 9.47 Å². The first-order valence-corrected chi connectivity index (χ1v) is 8.18. The van der Waals surface area contributed by atoms with Crippen LogP contribution in [0.15, 0.2) is 42.5 Å². The molecule has 0 aliphatic rings. The molecule has 140 valence electrons. The van der Waals surface area contributed by atoms with Crippen molar-refractivity contribution in [1.29, 1.82) is 0 Å². The van der Waals surface area contributed by atoms with Crippen LogP contribution in [0.4, 0.5) is 0 Å². The van der Waals surface area contributed by atoms with Crippen molar-refractivity contribution in [3.63, 3.8) is 0 Å². The molecule has 0 spiro atoms. The molecule has 0 aliphatic heterocycles. The number of benzene rings is 1. The molecule has 0 radical (unpaired) electrons. The van der Waals surface area contributed by atoms with E-state index < -0.39 is 11.8 Å². The molecule has 0 fully saturated rings. The third-order valence-corrected chi connectivity index (χ3v) is 3.59. The molecular formula is C18H26O7. The lowest BCUT2D eigenvalue weighted by molar-refractivity contribution is -0.487. The molecule has 1 rings (SSSR count). The average molecular weight is 354 g/mol. The highest BCUT2D eigenvalue weighted by atomic mass is 17.2. The molecule has 0 unspecified atom stereocenters. The van der Waals surface area contributed by atoms with Crippen LogP contribution in [0.1, 0.15) is 38.2 Å². The number of unbranched alkanes of at least 4 members (excludes halogenated alkanes) is 1. The third kappa shape index (κ3) is 7.76. The van der Waals surface area contributed by atoms with Gasteiger partial charge in [-0.05, 0) is 25.3 Å². The molecule has 1 aromatic rings. The van der Waals surface area contributed by atoms with Crippen LogP contribution in [0.3, 0.4) is 0 Å². The zero-order valence-corrected chi connectivity index (χ0v) is 14.5. The maximum absolute atomic E-state index is 11.6. The van der Waals surface area contributed by atoms with E-state index in [9.17, 15) is 4.79 Å². The number of hydrogen-bond acceptors (Lipinski definition) is 7. The normalized spacial score (nSPS) is 11.3. The fourth-order valence-electron chi connectivity index (χ4n) is 2.25. The van der Waals surface area contributed by atoms with Gasteiger partial charge in [0.1, 0.15) is 0 Å². The minimum absolute atomic E-state index is 0.0327. The summed E-state index contributed by atoms with van der Waals surface area (Å²) >= 11 is 0. The largest absolute Gasteiger partial charge is 0.463 e. The average Bonchev–Trinajstić information content (AvgIpc) is 2.64. The van der Waals surface area contributed by atoms with Crippen LogP contribution in [-0.2, 0) is 30.7 Å². The number of carbonyl (C=O) groups is 1. The number of ether oxygens (including phenoxy) is 2. The summed E-state index contributed by atoms with van der Waals surface area (Å²) in [4.78, 5) is 20.1. The first-order valence-electron chi connectivity index (χ1n) is 8.18. The smallest absolute Gasteiger partial charge is 0.333 e. The summed E-state index contributed by atoms with van der Waals surface area (Å²) in [5.74, 6) is -2.38. The van der Waals surface area contributed by atoms with Gasteiger partial charge in [-0.15, -0.1) is 0 Å². The Bertz CT molecular complexity index is 511. The van der Waals surface area contributed by atoms with E-state index in [1.807, 2.05) is 30.3 Å². The van der Waals surface area contributed by atoms with E-state index in [-0.39, 0.29) is 25.0 Å². The van der Waals surface area contributed by atoms with Gasteiger partial charge in [-0.1, -0.05) is 36.9 Å². The predicted octanol–water partition coefficient (Wildman–Crippen LogP) is 3.56. The van der Waals surface area contributed by atoms with Crippen LogP contribution in [0, 0.1) is 0 Å². The van der Waals surface area contributed by atoms with Gasteiger partial charge in [0, 0.05) is 25.0 Å². The molecule has 7 nitrogen and oxygen atoms in total. The van der Waals surface area contributed by atoms with Crippen molar-refractivity contribution in [2.45, 2.75) is 45.0 Å². The lowest BCUT2D eigenvalue weighted by atomic mass is 10.0. The second-order valence-electron chi connectivity index (χ2n) is 5.59. The van der Waals surface area contributed by atoms with Gasteiger partial charge in [0.2, 0.25) is 5.79 Å². The molecule has 0 saturated carbocycles. The van der Waals surface area contributed by atoms with Crippen molar-refractivity contribution in [3.8, 4) is 0 Å². The SMILES string of the molecule is C=C(CC(CCCCOCc1ccccc1)(OO)OO)C(=O)OCC. The minimum atomic E-state index is -1.75. The zero-order valence-electron chi connectivity index (χ0n) is 14.5. The Morgan fingerprint density at radius 2 is 1.84 bits per heavy atom. The van der Waals surface area contributed by atoms with Crippen molar-refractivity contribution in [2.75, 3.05) is 13.2 Å². The summed E-state index contributed by atoms with van der Waals surface area (Å²) < 4.78 is 10.4. The van der Waals surface area contributed by atoms with E-state index in [1.54, 1.807) is 6.92 Å². The second kappa shape index (κ2) is 11.7. The standard InChI is InChI=1S/C18H26O7/c1-3-23-17(19)15(2)13-18(24-20,25-21)11-7-8-12-22-14-16-9-5-4-6-10-16/h4-6,9-10,20-21H,2-3,7-8,11-14H2,1H3. The highest BCUT2D eigenvalue weighted by Gasteiger charge is 2.36. The Morgan fingerprint density at radius 1 is 1.16 bits per heavy atom. The first kappa shape index (κ1) is 21.3. The summed E-state index contributed by atoms with van der Waals surface area (Å²) in [5.41, 5.74) is 1.12. The summed E-state index contributed by atoms with van der Waals surface area (Å²) in [6, 6.07) is 9.79. The lowest BCUT2D eigenvalue weighted by Gasteiger charge is -2.26. The van der Waals surface area contributed by atoms with Crippen LogP contribution in [0.2, 0.25) is 0 Å². The van der Waals surface area contributed by atoms with Crippen LogP contribution < -0.4 is 0 Å². The number of esters is 1. The monoisotopic (exact) mass is 354 g/mol. The van der Waals surface area contributed by atoms with E-state index in [0.717, 1.165) is 5.56 Å². The van der Waals surface area contributed by atoms with E-state index >= 15 is 0 Å². The van der Waals surface area contributed by atoms with Crippen LogP contribution in [0.25, 0.3) is 0 Å². The van der Waals surface area contributed by atoms with Crippen LogP contribution in [-0.4, -0.2) is 35.5 Å².